The van der Waals surface area contributed by atoms with Gasteiger partial charge in [0.15, 0.2) is 0 Å². The number of carboxylic acid groups (broad SMARTS) is 1. The lowest BCUT2D eigenvalue weighted by Crippen LogP contribution is -1.97. The maximum atomic E-state index is 13.1. The van der Waals surface area contributed by atoms with E-state index in [0.29, 0.717) is 5.56 Å². The highest BCUT2D eigenvalue weighted by Crippen LogP contribution is 2.24. The fourth-order valence-electron chi connectivity index (χ4n) is 1.31. The van der Waals surface area contributed by atoms with E-state index >= 15 is 0 Å². The summed E-state index contributed by atoms with van der Waals surface area (Å²) in [4.78, 5) is 10.7. The number of benzene rings is 1. The molecule has 0 saturated carbocycles. The highest BCUT2D eigenvalue weighted by molar-refractivity contribution is 7.08. The minimum Gasteiger partial charge on any atom is -0.478 e. The molecule has 0 aliphatic heterocycles. The molecular weight excluding hydrogens is 215 g/mol. The predicted molar refractivity (Wildman–Crippen MR) is 56.7 cm³/mol. The largest absolute Gasteiger partial charge is 0.478 e. The Bertz CT molecular complexity index is 491. The zero-order valence-corrected chi connectivity index (χ0v) is 8.42. The molecule has 0 saturated heterocycles. The Morgan fingerprint density at radius 2 is 2.07 bits per heavy atom. The number of aromatic carboxylic acids is 1. The van der Waals surface area contributed by atoms with Crippen LogP contribution in [0.5, 0.6) is 0 Å². The Morgan fingerprint density at radius 3 is 2.67 bits per heavy atom. The molecule has 2 aromatic rings. The Balaban J connectivity index is 2.54. The second-order valence-corrected chi connectivity index (χ2v) is 3.83. The van der Waals surface area contributed by atoms with Crippen LogP contribution in [0.2, 0.25) is 0 Å². The van der Waals surface area contributed by atoms with Gasteiger partial charge in [-0.15, -0.1) is 0 Å². The van der Waals surface area contributed by atoms with Gasteiger partial charge in [0.25, 0.3) is 0 Å². The van der Waals surface area contributed by atoms with Crippen LogP contribution in [0.25, 0.3) is 11.1 Å². The average Bonchev–Trinajstić information content (AvgIpc) is 2.69. The maximum absolute atomic E-state index is 13.1. The van der Waals surface area contributed by atoms with Crippen molar-refractivity contribution in [2.24, 2.45) is 0 Å². The van der Waals surface area contributed by atoms with E-state index in [2.05, 4.69) is 0 Å². The maximum Gasteiger partial charge on any atom is 0.335 e. The summed E-state index contributed by atoms with van der Waals surface area (Å²) in [5, 5.41) is 12.5. The van der Waals surface area contributed by atoms with E-state index in [0.717, 1.165) is 11.6 Å². The monoisotopic (exact) mass is 222 g/mol. The van der Waals surface area contributed by atoms with Gasteiger partial charge in [0.1, 0.15) is 5.82 Å². The third kappa shape index (κ3) is 2.05. The van der Waals surface area contributed by atoms with Gasteiger partial charge in [-0.2, -0.15) is 11.3 Å². The summed E-state index contributed by atoms with van der Waals surface area (Å²) < 4.78 is 13.1. The molecule has 0 radical (unpaired) electrons. The zero-order chi connectivity index (χ0) is 10.8. The molecule has 0 unspecified atom stereocenters. The van der Waals surface area contributed by atoms with E-state index in [1.807, 2.05) is 16.8 Å². The van der Waals surface area contributed by atoms with Gasteiger partial charge in [-0.1, -0.05) is 0 Å². The number of carboxylic acids is 1. The van der Waals surface area contributed by atoms with Crippen molar-refractivity contribution in [1.82, 2.24) is 0 Å². The van der Waals surface area contributed by atoms with Gasteiger partial charge < -0.3 is 5.11 Å². The van der Waals surface area contributed by atoms with E-state index < -0.39 is 11.8 Å². The third-order valence-electron chi connectivity index (χ3n) is 2.00. The van der Waals surface area contributed by atoms with E-state index in [4.69, 9.17) is 5.11 Å². The summed E-state index contributed by atoms with van der Waals surface area (Å²) in [6, 6.07) is 5.63. The number of hydrogen-bond donors (Lipinski definition) is 1. The second kappa shape index (κ2) is 3.82. The van der Waals surface area contributed by atoms with Crippen LogP contribution in [0, 0.1) is 5.82 Å². The van der Waals surface area contributed by atoms with Crippen molar-refractivity contribution >= 4 is 17.3 Å². The zero-order valence-electron chi connectivity index (χ0n) is 7.61. The Morgan fingerprint density at radius 1 is 1.27 bits per heavy atom. The smallest absolute Gasteiger partial charge is 0.335 e. The molecule has 1 heterocycles. The number of rotatable bonds is 2. The Kier molecular flexibility index (Phi) is 2.51. The van der Waals surface area contributed by atoms with E-state index in [9.17, 15) is 9.18 Å². The molecule has 0 spiro atoms. The SMILES string of the molecule is O=C(O)c1cc(F)cc(-c2ccsc2)c1. The van der Waals surface area contributed by atoms with Crippen LogP contribution in [0.3, 0.4) is 0 Å². The van der Waals surface area contributed by atoms with Gasteiger partial charge in [0.2, 0.25) is 0 Å². The molecule has 1 aromatic carbocycles. The number of carbonyl (C=O) groups is 1. The van der Waals surface area contributed by atoms with Gasteiger partial charge in [-0.3, -0.25) is 0 Å². The van der Waals surface area contributed by atoms with Gasteiger partial charge >= 0.3 is 5.97 Å². The van der Waals surface area contributed by atoms with Crippen molar-refractivity contribution in [2.75, 3.05) is 0 Å². The molecule has 2 nitrogen and oxygen atoms in total. The lowest BCUT2D eigenvalue weighted by atomic mass is 10.1. The van der Waals surface area contributed by atoms with Gasteiger partial charge in [-0.05, 0) is 46.2 Å². The molecule has 2 rings (SSSR count). The first-order valence-corrected chi connectivity index (χ1v) is 5.17. The fourth-order valence-corrected chi connectivity index (χ4v) is 1.97. The summed E-state index contributed by atoms with van der Waals surface area (Å²) in [6.07, 6.45) is 0. The fraction of sp³-hybridized carbons (Fsp3) is 0. The van der Waals surface area contributed by atoms with Crippen LogP contribution in [-0.4, -0.2) is 11.1 Å². The van der Waals surface area contributed by atoms with Crippen LogP contribution in [-0.2, 0) is 0 Å². The van der Waals surface area contributed by atoms with Gasteiger partial charge in [0, 0.05) is 0 Å². The molecular formula is C11H7FO2S. The molecule has 1 N–H and O–H groups in total. The van der Waals surface area contributed by atoms with Crippen molar-refractivity contribution in [2.45, 2.75) is 0 Å². The number of thiophene rings is 1. The molecule has 0 atom stereocenters. The van der Waals surface area contributed by atoms with Gasteiger partial charge in [0.05, 0.1) is 5.56 Å². The molecule has 1 aromatic heterocycles. The van der Waals surface area contributed by atoms with E-state index in [1.54, 1.807) is 0 Å². The molecule has 0 amide bonds. The molecule has 4 heteroatoms. The minimum atomic E-state index is -1.12. The summed E-state index contributed by atoms with van der Waals surface area (Å²) in [5.74, 6) is -1.65. The minimum absolute atomic E-state index is 0.0313. The summed E-state index contributed by atoms with van der Waals surface area (Å²) in [5.41, 5.74) is 1.40. The topological polar surface area (TPSA) is 37.3 Å². The van der Waals surface area contributed by atoms with Crippen LogP contribution in [0.15, 0.2) is 35.0 Å². The first-order valence-electron chi connectivity index (χ1n) is 4.23. The van der Waals surface area contributed by atoms with Crippen LogP contribution in [0.1, 0.15) is 10.4 Å². The van der Waals surface area contributed by atoms with Crippen LogP contribution in [0.4, 0.5) is 4.39 Å². The number of hydrogen-bond acceptors (Lipinski definition) is 2. The Labute approximate surface area is 89.6 Å². The van der Waals surface area contributed by atoms with Crippen molar-refractivity contribution in [3.8, 4) is 11.1 Å². The van der Waals surface area contributed by atoms with Gasteiger partial charge in [-0.25, -0.2) is 9.18 Å². The molecule has 76 valence electrons. The lowest BCUT2D eigenvalue weighted by Gasteiger charge is -2.00. The Hall–Kier alpha value is -1.68. The lowest BCUT2D eigenvalue weighted by molar-refractivity contribution is 0.0696. The average molecular weight is 222 g/mol. The normalized spacial score (nSPS) is 10.2. The summed E-state index contributed by atoms with van der Waals surface area (Å²) >= 11 is 1.48. The highest BCUT2D eigenvalue weighted by Gasteiger charge is 2.08. The first kappa shape index (κ1) is 9.86. The van der Waals surface area contributed by atoms with Crippen LogP contribution >= 0.6 is 11.3 Å². The van der Waals surface area contributed by atoms with E-state index in [1.165, 1.54) is 23.5 Å². The van der Waals surface area contributed by atoms with E-state index in [-0.39, 0.29) is 5.56 Å². The van der Waals surface area contributed by atoms with Crippen molar-refractivity contribution in [1.29, 1.82) is 0 Å². The first-order chi connectivity index (χ1) is 7.16. The predicted octanol–water partition coefficient (Wildman–Crippen LogP) is 3.25. The van der Waals surface area contributed by atoms with Crippen LogP contribution < -0.4 is 0 Å². The second-order valence-electron chi connectivity index (χ2n) is 3.05. The quantitative estimate of drug-likeness (QED) is 0.846. The van der Waals surface area contributed by atoms with Crippen molar-refractivity contribution in [3.63, 3.8) is 0 Å². The molecule has 0 aliphatic rings. The standard InChI is InChI=1S/C11H7FO2S/c12-10-4-8(7-1-2-15-6-7)3-9(5-10)11(13)14/h1-6H,(H,13,14). The molecule has 0 aliphatic carbocycles. The summed E-state index contributed by atoms with van der Waals surface area (Å²) in [7, 11) is 0. The van der Waals surface area contributed by atoms with Crippen molar-refractivity contribution in [3.05, 3.63) is 46.4 Å². The molecule has 0 fully saturated rings. The number of halogens is 1. The summed E-state index contributed by atoms with van der Waals surface area (Å²) in [6.45, 7) is 0. The van der Waals surface area contributed by atoms with Crippen molar-refractivity contribution < 1.29 is 14.3 Å². The third-order valence-corrected chi connectivity index (χ3v) is 2.68. The highest BCUT2D eigenvalue weighted by atomic mass is 32.1. The molecule has 0 bridgehead atoms. The molecule has 15 heavy (non-hydrogen) atoms.